The molecule has 0 aliphatic carbocycles. The number of nitrogens with one attached hydrogen (secondary N) is 1. The average molecular weight is 293 g/mol. The zero-order valence-corrected chi connectivity index (χ0v) is 11.8. The van der Waals surface area contributed by atoms with E-state index in [2.05, 4.69) is 22.4 Å². The molecule has 1 N–H and O–H groups in total. The zero-order chi connectivity index (χ0) is 14.8. The molecule has 1 fully saturated rings. The predicted octanol–water partition coefficient (Wildman–Crippen LogP) is 3.00. The lowest BCUT2D eigenvalue weighted by Crippen LogP contribution is -2.30. The van der Waals surface area contributed by atoms with Crippen LogP contribution < -0.4 is 5.32 Å². The Morgan fingerprint density at radius 2 is 2.24 bits per heavy atom. The molecule has 0 spiro atoms. The van der Waals surface area contributed by atoms with E-state index in [1.54, 1.807) is 0 Å². The second kappa shape index (κ2) is 5.89. The van der Waals surface area contributed by atoms with Crippen LogP contribution in [0.1, 0.15) is 43.1 Å². The van der Waals surface area contributed by atoms with Gasteiger partial charge in [0.2, 0.25) is 5.89 Å². The summed E-state index contributed by atoms with van der Waals surface area (Å²) in [6.45, 7) is 3.12. The fraction of sp³-hybridized carbons (Fsp3) is 0.467. The lowest BCUT2D eigenvalue weighted by molar-refractivity contribution is 0.259. The van der Waals surface area contributed by atoms with Crippen molar-refractivity contribution in [2.24, 2.45) is 5.92 Å². The second-order valence-corrected chi connectivity index (χ2v) is 5.60. The van der Waals surface area contributed by atoms with Crippen LogP contribution in [0.3, 0.4) is 0 Å². The lowest BCUT2D eigenvalue weighted by atomic mass is 9.94. The molecular formula is C15H17F2N3O. The average Bonchev–Trinajstić information content (AvgIpc) is 2.91. The first-order valence-electron chi connectivity index (χ1n) is 7.11. The van der Waals surface area contributed by atoms with Crippen molar-refractivity contribution < 1.29 is 13.3 Å². The molecule has 1 aromatic carbocycles. The molecule has 3 rings (SSSR count). The van der Waals surface area contributed by atoms with Gasteiger partial charge < -0.3 is 9.84 Å². The Hall–Kier alpha value is -1.82. The molecule has 0 bridgehead atoms. The van der Waals surface area contributed by atoms with Gasteiger partial charge in [0.25, 0.3) is 0 Å². The van der Waals surface area contributed by atoms with Crippen molar-refractivity contribution in [3.05, 3.63) is 47.1 Å². The van der Waals surface area contributed by atoms with E-state index in [0.29, 0.717) is 23.2 Å². The highest BCUT2D eigenvalue weighted by Gasteiger charge is 2.24. The SMILES string of the molecule is CC1CCNC(c2nc(Cc3ccc(F)cc3F)no2)C1. The quantitative estimate of drug-likeness (QED) is 0.945. The van der Waals surface area contributed by atoms with Gasteiger partial charge in [0.05, 0.1) is 6.04 Å². The summed E-state index contributed by atoms with van der Waals surface area (Å²) in [5.74, 6) is 0.381. The van der Waals surface area contributed by atoms with Crippen molar-refractivity contribution in [3.8, 4) is 0 Å². The molecular weight excluding hydrogens is 276 g/mol. The van der Waals surface area contributed by atoms with E-state index in [4.69, 9.17) is 4.52 Å². The van der Waals surface area contributed by atoms with E-state index >= 15 is 0 Å². The normalized spacial score (nSPS) is 22.4. The van der Waals surface area contributed by atoms with Crippen LogP contribution in [0.4, 0.5) is 8.78 Å². The highest BCUT2D eigenvalue weighted by molar-refractivity contribution is 5.21. The minimum atomic E-state index is -0.592. The van der Waals surface area contributed by atoms with Crippen molar-refractivity contribution in [1.29, 1.82) is 0 Å². The molecule has 0 amide bonds. The van der Waals surface area contributed by atoms with E-state index < -0.39 is 11.6 Å². The van der Waals surface area contributed by atoms with Crippen molar-refractivity contribution >= 4 is 0 Å². The first-order chi connectivity index (χ1) is 10.1. The lowest BCUT2D eigenvalue weighted by Gasteiger charge is -2.25. The van der Waals surface area contributed by atoms with E-state index in [0.717, 1.165) is 25.5 Å². The highest BCUT2D eigenvalue weighted by Crippen LogP contribution is 2.26. The monoisotopic (exact) mass is 293 g/mol. The summed E-state index contributed by atoms with van der Waals surface area (Å²) in [6, 6.07) is 3.56. The molecule has 1 saturated heterocycles. The van der Waals surface area contributed by atoms with Crippen LogP contribution in [0.15, 0.2) is 22.7 Å². The van der Waals surface area contributed by atoms with E-state index in [1.807, 2.05) is 0 Å². The van der Waals surface area contributed by atoms with E-state index in [9.17, 15) is 8.78 Å². The van der Waals surface area contributed by atoms with Gasteiger partial charge in [-0.15, -0.1) is 0 Å². The molecule has 2 unspecified atom stereocenters. The van der Waals surface area contributed by atoms with Gasteiger partial charge in [-0.3, -0.25) is 0 Å². The third-order valence-electron chi connectivity index (χ3n) is 3.81. The highest BCUT2D eigenvalue weighted by atomic mass is 19.1. The van der Waals surface area contributed by atoms with Crippen LogP contribution >= 0.6 is 0 Å². The molecule has 112 valence electrons. The summed E-state index contributed by atoms with van der Waals surface area (Å²) in [5.41, 5.74) is 0.355. The second-order valence-electron chi connectivity index (χ2n) is 5.60. The largest absolute Gasteiger partial charge is 0.338 e. The van der Waals surface area contributed by atoms with E-state index in [-0.39, 0.29) is 12.5 Å². The van der Waals surface area contributed by atoms with Crippen molar-refractivity contribution in [3.63, 3.8) is 0 Å². The topological polar surface area (TPSA) is 51.0 Å². The predicted molar refractivity (Wildman–Crippen MR) is 72.6 cm³/mol. The molecule has 0 radical (unpaired) electrons. The number of benzene rings is 1. The maximum Gasteiger partial charge on any atom is 0.243 e. The molecule has 1 aromatic heterocycles. The standard InChI is InChI=1S/C15H17F2N3O/c1-9-4-5-18-13(6-9)15-19-14(20-21-15)7-10-2-3-11(16)8-12(10)17/h2-3,8-9,13,18H,4-7H2,1H3. The fourth-order valence-electron chi connectivity index (χ4n) is 2.61. The minimum Gasteiger partial charge on any atom is -0.338 e. The Bertz CT molecular complexity index is 629. The van der Waals surface area contributed by atoms with Crippen LogP contribution in [0, 0.1) is 17.6 Å². The van der Waals surface area contributed by atoms with Crippen LogP contribution in [0.2, 0.25) is 0 Å². The fourth-order valence-corrected chi connectivity index (χ4v) is 2.61. The number of halogens is 2. The van der Waals surface area contributed by atoms with Crippen LogP contribution in [-0.4, -0.2) is 16.7 Å². The first-order valence-corrected chi connectivity index (χ1v) is 7.11. The Kier molecular flexibility index (Phi) is 3.96. The van der Waals surface area contributed by atoms with Crippen molar-refractivity contribution in [1.82, 2.24) is 15.5 Å². The summed E-state index contributed by atoms with van der Waals surface area (Å²) in [7, 11) is 0. The molecule has 21 heavy (non-hydrogen) atoms. The van der Waals surface area contributed by atoms with Gasteiger partial charge in [-0.05, 0) is 36.9 Å². The molecule has 2 aromatic rings. The van der Waals surface area contributed by atoms with Gasteiger partial charge in [0.1, 0.15) is 11.6 Å². The molecule has 1 aliphatic rings. The molecule has 4 nitrogen and oxygen atoms in total. The Balaban J connectivity index is 1.72. The first kappa shape index (κ1) is 14.1. The third kappa shape index (κ3) is 3.26. The Labute approximate surface area is 121 Å². The Morgan fingerprint density at radius 3 is 3.00 bits per heavy atom. The van der Waals surface area contributed by atoms with Crippen LogP contribution in [-0.2, 0) is 6.42 Å². The van der Waals surface area contributed by atoms with Crippen LogP contribution in [0.25, 0.3) is 0 Å². The van der Waals surface area contributed by atoms with Gasteiger partial charge in [-0.25, -0.2) is 8.78 Å². The van der Waals surface area contributed by atoms with Gasteiger partial charge in [0.15, 0.2) is 5.82 Å². The van der Waals surface area contributed by atoms with Crippen molar-refractivity contribution in [2.45, 2.75) is 32.2 Å². The Morgan fingerprint density at radius 1 is 1.38 bits per heavy atom. The maximum atomic E-state index is 13.6. The van der Waals surface area contributed by atoms with E-state index in [1.165, 1.54) is 12.1 Å². The maximum absolute atomic E-state index is 13.6. The smallest absolute Gasteiger partial charge is 0.243 e. The number of hydrogen-bond acceptors (Lipinski definition) is 4. The summed E-state index contributed by atoms with van der Waals surface area (Å²) in [5, 5.41) is 7.23. The van der Waals surface area contributed by atoms with Crippen LogP contribution in [0.5, 0.6) is 0 Å². The molecule has 6 heteroatoms. The third-order valence-corrected chi connectivity index (χ3v) is 3.81. The molecule has 1 aliphatic heterocycles. The number of piperidine rings is 1. The summed E-state index contributed by atoms with van der Waals surface area (Å²) >= 11 is 0. The van der Waals surface area contributed by atoms with Gasteiger partial charge in [-0.1, -0.05) is 18.1 Å². The number of rotatable bonds is 3. The minimum absolute atomic E-state index is 0.0630. The summed E-state index contributed by atoms with van der Waals surface area (Å²) in [6.07, 6.45) is 2.28. The summed E-state index contributed by atoms with van der Waals surface area (Å²) < 4.78 is 31.8. The van der Waals surface area contributed by atoms with Gasteiger partial charge in [0, 0.05) is 12.5 Å². The van der Waals surface area contributed by atoms with Gasteiger partial charge >= 0.3 is 0 Å². The number of nitrogens with zero attached hydrogens (tertiary/aromatic N) is 2. The van der Waals surface area contributed by atoms with Gasteiger partial charge in [-0.2, -0.15) is 4.98 Å². The molecule has 0 saturated carbocycles. The zero-order valence-electron chi connectivity index (χ0n) is 11.8. The molecule has 2 heterocycles. The number of hydrogen-bond donors (Lipinski definition) is 1. The molecule has 2 atom stereocenters. The number of aromatic nitrogens is 2. The van der Waals surface area contributed by atoms with Crippen molar-refractivity contribution in [2.75, 3.05) is 6.54 Å². The summed E-state index contributed by atoms with van der Waals surface area (Å²) in [4.78, 5) is 4.33.